The molecule has 4 rings (SSSR count). The molecule has 0 saturated heterocycles. The molecule has 0 radical (unpaired) electrons. The molecule has 4 heteroatoms. The van der Waals surface area contributed by atoms with Gasteiger partial charge in [0.1, 0.15) is 0 Å². The molecular weight excluding hydrogens is 266 g/mol. The Labute approximate surface area is 125 Å². The van der Waals surface area contributed by atoms with Gasteiger partial charge in [-0.15, -0.1) is 0 Å². The van der Waals surface area contributed by atoms with Gasteiger partial charge < -0.3 is 10.4 Å². The molecule has 0 aromatic rings. The zero-order chi connectivity index (χ0) is 14.6. The maximum atomic E-state index is 12.6. The quantitative estimate of drug-likeness (QED) is 0.785. The minimum Gasteiger partial charge on any atom is -0.481 e. The fourth-order valence-corrected chi connectivity index (χ4v) is 5.73. The van der Waals surface area contributed by atoms with Gasteiger partial charge in [0.25, 0.3) is 0 Å². The first-order valence-corrected chi connectivity index (χ1v) is 8.70. The zero-order valence-electron chi connectivity index (χ0n) is 12.5. The van der Waals surface area contributed by atoms with Crippen LogP contribution < -0.4 is 5.32 Å². The van der Waals surface area contributed by atoms with E-state index in [2.05, 4.69) is 5.32 Å². The lowest BCUT2D eigenvalue weighted by Crippen LogP contribution is -2.44. The summed E-state index contributed by atoms with van der Waals surface area (Å²) in [5.74, 6) is 2.12. The Morgan fingerprint density at radius 3 is 2.24 bits per heavy atom. The largest absolute Gasteiger partial charge is 0.481 e. The van der Waals surface area contributed by atoms with Crippen molar-refractivity contribution >= 4 is 11.9 Å². The van der Waals surface area contributed by atoms with Gasteiger partial charge in [0.05, 0.1) is 5.92 Å². The van der Waals surface area contributed by atoms with E-state index in [9.17, 15) is 14.7 Å². The average Bonchev–Trinajstić information content (AvgIpc) is 3.01. The van der Waals surface area contributed by atoms with Gasteiger partial charge >= 0.3 is 5.97 Å². The van der Waals surface area contributed by atoms with Crippen molar-refractivity contribution in [3.05, 3.63) is 0 Å². The van der Waals surface area contributed by atoms with Gasteiger partial charge in [-0.25, -0.2) is 0 Å². The second-order valence-corrected chi connectivity index (χ2v) is 7.71. The van der Waals surface area contributed by atoms with Crippen LogP contribution in [0, 0.1) is 35.5 Å². The summed E-state index contributed by atoms with van der Waals surface area (Å²) in [6, 6.07) is -0.142. The molecule has 6 atom stereocenters. The van der Waals surface area contributed by atoms with E-state index in [-0.39, 0.29) is 23.8 Å². The Kier molecular flexibility index (Phi) is 3.23. The highest BCUT2D eigenvalue weighted by Gasteiger charge is 2.67. The van der Waals surface area contributed by atoms with E-state index < -0.39 is 5.97 Å². The topological polar surface area (TPSA) is 66.4 Å². The molecular formula is C17H25NO3. The first-order valence-electron chi connectivity index (χ1n) is 8.70. The molecule has 0 aliphatic heterocycles. The molecule has 4 unspecified atom stereocenters. The smallest absolute Gasteiger partial charge is 0.308 e. The van der Waals surface area contributed by atoms with Crippen molar-refractivity contribution in [1.29, 1.82) is 0 Å². The van der Waals surface area contributed by atoms with Crippen molar-refractivity contribution in [1.82, 2.24) is 5.32 Å². The Bertz CT molecular complexity index is 447. The standard InChI is InChI=1S/C17H25NO3/c19-16(15-13-9-6-7-10(8-9)14(13)15)18-12-5-3-1-2-4-11(12)17(20)21/h9-15H,1-8H2,(H,18,19)(H,20,21)/t9?,10?,11-,12+,13?,14?,15?/m1/s1. The number of carbonyl (C=O) groups excluding carboxylic acids is 1. The Morgan fingerprint density at radius 1 is 0.905 bits per heavy atom. The summed E-state index contributed by atoms with van der Waals surface area (Å²) in [6.45, 7) is 0. The molecule has 4 aliphatic rings. The van der Waals surface area contributed by atoms with Gasteiger partial charge in [0, 0.05) is 12.0 Å². The van der Waals surface area contributed by atoms with Crippen LogP contribution in [-0.2, 0) is 9.59 Å². The summed E-state index contributed by atoms with van der Waals surface area (Å²) < 4.78 is 0. The van der Waals surface area contributed by atoms with E-state index in [0.29, 0.717) is 18.3 Å². The summed E-state index contributed by atoms with van der Waals surface area (Å²) >= 11 is 0. The number of rotatable bonds is 3. The predicted octanol–water partition coefficient (Wildman–Crippen LogP) is 2.43. The zero-order valence-corrected chi connectivity index (χ0v) is 12.5. The van der Waals surface area contributed by atoms with E-state index in [1.165, 1.54) is 19.3 Å². The monoisotopic (exact) mass is 291 g/mol. The molecule has 0 aromatic carbocycles. The summed E-state index contributed by atoms with van der Waals surface area (Å²) in [7, 11) is 0. The highest BCUT2D eigenvalue weighted by molar-refractivity contribution is 5.84. The van der Waals surface area contributed by atoms with Crippen molar-refractivity contribution < 1.29 is 14.7 Å². The molecule has 21 heavy (non-hydrogen) atoms. The van der Waals surface area contributed by atoms with Crippen molar-refractivity contribution in [2.24, 2.45) is 35.5 Å². The Balaban J connectivity index is 1.40. The second kappa shape index (κ2) is 4.99. The lowest BCUT2D eigenvalue weighted by molar-refractivity contribution is -0.143. The third kappa shape index (κ3) is 2.18. The van der Waals surface area contributed by atoms with Crippen LogP contribution in [0.3, 0.4) is 0 Å². The predicted molar refractivity (Wildman–Crippen MR) is 77.4 cm³/mol. The third-order valence-electron chi connectivity index (χ3n) is 6.70. The van der Waals surface area contributed by atoms with Gasteiger partial charge in [-0.3, -0.25) is 9.59 Å². The van der Waals surface area contributed by atoms with Gasteiger partial charge in [0.15, 0.2) is 0 Å². The second-order valence-electron chi connectivity index (χ2n) is 7.71. The van der Waals surface area contributed by atoms with Crippen LogP contribution in [0.2, 0.25) is 0 Å². The molecule has 0 heterocycles. The molecule has 116 valence electrons. The van der Waals surface area contributed by atoms with Gasteiger partial charge in [-0.1, -0.05) is 19.3 Å². The number of fused-ring (bicyclic) bond motifs is 5. The average molecular weight is 291 g/mol. The fourth-order valence-electron chi connectivity index (χ4n) is 5.73. The summed E-state index contributed by atoms with van der Waals surface area (Å²) in [4.78, 5) is 24.0. The molecule has 4 aliphatic carbocycles. The van der Waals surface area contributed by atoms with Crippen molar-refractivity contribution in [2.75, 3.05) is 0 Å². The van der Waals surface area contributed by atoms with Crippen LogP contribution in [0.15, 0.2) is 0 Å². The summed E-state index contributed by atoms with van der Waals surface area (Å²) in [5.41, 5.74) is 0. The van der Waals surface area contributed by atoms with Gasteiger partial charge in [-0.05, 0) is 55.8 Å². The minimum absolute atomic E-state index is 0.142. The van der Waals surface area contributed by atoms with Gasteiger partial charge in [-0.2, -0.15) is 0 Å². The normalized spacial score (nSPS) is 47.5. The third-order valence-corrected chi connectivity index (χ3v) is 6.70. The molecule has 4 nitrogen and oxygen atoms in total. The Hall–Kier alpha value is -1.06. The number of hydrogen-bond acceptors (Lipinski definition) is 2. The highest BCUT2D eigenvalue weighted by Crippen LogP contribution is 2.69. The molecule has 4 fully saturated rings. The molecule has 4 saturated carbocycles. The van der Waals surface area contributed by atoms with Crippen molar-refractivity contribution in [2.45, 2.75) is 57.4 Å². The highest BCUT2D eigenvalue weighted by atomic mass is 16.4. The van der Waals surface area contributed by atoms with Crippen LogP contribution in [-0.4, -0.2) is 23.0 Å². The maximum Gasteiger partial charge on any atom is 0.308 e. The summed E-state index contributed by atoms with van der Waals surface area (Å²) in [6.07, 6.45) is 8.63. The number of amides is 1. The van der Waals surface area contributed by atoms with E-state index >= 15 is 0 Å². The van der Waals surface area contributed by atoms with Crippen LogP contribution in [0.4, 0.5) is 0 Å². The molecule has 2 N–H and O–H groups in total. The number of aliphatic carboxylic acids is 1. The first kappa shape index (κ1) is 13.6. The SMILES string of the molecule is O=C(N[C@H]1CCCCC[C@H]1C(=O)O)C1C2C3CCC(C3)C12. The van der Waals surface area contributed by atoms with Crippen LogP contribution in [0.25, 0.3) is 0 Å². The Morgan fingerprint density at radius 2 is 1.57 bits per heavy atom. The van der Waals surface area contributed by atoms with Gasteiger partial charge in [0.2, 0.25) is 5.91 Å². The lowest BCUT2D eigenvalue weighted by atomic mass is 9.94. The first-order chi connectivity index (χ1) is 10.2. The number of carbonyl (C=O) groups is 2. The summed E-state index contributed by atoms with van der Waals surface area (Å²) in [5, 5.41) is 12.5. The lowest BCUT2D eigenvalue weighted by Gasteiger charge is -2.23. The van der Waals surface area contributed by atoms with Crippen LogP contribution in [0.5, 0.6) is 0 Å². The van der Waals surface area contributed by atoms with E-state index in [0.717, 1.165) is 37.5 Å². The number of carboxylic acids is 1. The number of carboxylic acid groups (broad SMARTS) is 1. The molecule has 1 amide bonds. The van der Waals surface area contributed by atoms with E-state index in [1.807, 2.05) is 0 Å². The molecule has 0 aromatic heterocycles. The number of hydrogen-bond donors (Lipinski definition) is 2. The van der Waals surface area contributed by atoms with E-state index in [4.69, 9.17) is 0 Å². The minimum atomic E-state index is -0.738. The van der Waals surface area contributed by atoms with Crippen LogP contribution >= 0.6 is 0 Å². The number of nitrogens with one attached hydrogen (secondary N) is 1. The van der Waals surface area contributed by atoms with Crippen LogP contribution in [0.1, 0.15) is 51.4 Å². The van der Waals surface area contributed by atoms with Crippen molar-refractivity contribution in [3.8, 4) is 0 Å². The van der Waals surface area contributed by atoms with E-state index in [1.54, 1.807) is 0 Å². The fraction of sp³-hybridized carbons (Fsp3) is 0.882. The molecule has 0 spiro atoms. The van der Waals surface area contributed by atoms with Crippen molar-refractivity contribution in [3.63, 3.8) is 0 Å². The maximum absolute atomic E-state index is 12.6. The molecule has 2 bridgehead atoms.